The monoisotopic (exact) mass is 635 g/mol. The highest BCUT2D eigenvalue weighted by Crippen LogP contribution is 2.45. The summed E-state index contributed by atoms with van der Waals surface area (Å²) >= 11 is 0. The Balaban J connectivity index is 1.25. The summed E-state index contributed by atoms with van der Waals surface area (Å²) in [5, 5.41) is 9.35. The molecule has 2 aliphatic carbocycles. The number of hydrogen-bond donors (Lipinski definition) is 1. The number of ether oxygens (including phenoxy) is 2. The van der Waals surface area contributed by atoms with E-state index in [1.165, 1.54) is 13.2 Å². The van der Waals surface area contributed by atoms with Crippen molar-refractivity contribution in [1.29, 1.82) is 0 Å². The summed E-state index contributed by atoms with van der Waals surface area (Å²) in [5.74, 6) is -4.35. The average molecular weight is 636 g/mol. The molecule has 8 nitrogen and oxygen atoms in total. The molecule has 1 aromatic heterocycles. The van der Waals surface area contributed by atoms with E-state index in [0.717, 1.165) is 49.0 Å². The third kappa shape index (κ3) is 8.18. The van der Waals surface area contributed by atoms with Crippen LogP contribution in [0.3, 0.4) is 0 Å². The van der Waals surface area contributed by atoms with Crippen molar-refractivity contribution in [3.8, 4) is 11.6 Å². The first-order chi connectivity index (χ1) is 21.6. The quantitative estimate of drug-likeness (QED) is 0.233. The van der Waals surface area contributed by atoms with Crippen molar-refractivity contribution < 1.29 is 41.7 Å². The van der Waals surface area contributed by atoms with Crippen LogP contribution in [0.5, 0.6) is 11.6 Å². The van der Waals surface area contributed by atoms with Crippen molar-refractivity contribution in [3.05, 3.63) is 47.7 Å². The Morgan fingerprint density at radius 2 is 1.78 bits per heavy atom. The van der Waals surface area contributed by atoms with Gasteiger partial charge in [-0.1, -0.05) is 12.8 Å². The number of amides is 1. The van der Waals surface area contributed by atoms with Crippen LogP contribution in [0.1, 0.15) is 79.6 Å². The Morgan fingerprint density at radius 3 is 2.40 bits per heavy atom. The molecule has 2 saturated carbocycles. The van der Waals surface area contributed by atoms with Gasteiger partial charge in [0, 0.05) is 37.5 Å². The van der Waals surface area contributed by atoms with Crippen molar-refractivity contribution >= 4 is 17.6 Å². The molecular weight excluding hydrogens is 594 g/mol. The topological polar surface area (TPSA) is 92.2 Å². The number of carbonyl (C=O) groups excluding carboxylic acids is 1. The fraction of sp³-hybridized carbons (Fsp3) is 0.606. The predicted octanol–water partition coefficient (Wildman–Crippen LogP) is 6.64. The summed E-state index contributed by atoms with van der Waals surface area (Å²) in [6.45, 7) is 0.216. The van der Waals surface area contributed by atoms with Crippen molar-refractivity contribution in [2.45, 2.75) is 82.1 Å². The second-order valence-corrected chi connectivity index (χ2v) is 12.5. The molecule has 0 bridgehead atoms. The molecular formula is C33H41F4N3O5. The van der Waals surface area contributed by atoms with Crippen LogP contribution in [-0.2, 0) is 4.79 Å². The van der Waals surface area contributed by atoms with Crippen LogP contribution in [0.4, 0.5) is 23.2 Å². The van der Waals surface area contributed by atoms with Crippen molar-refractivity contribution in [1.82, 2.24) is 9.88 Å². The molecule has 2 aromatic rings. The maximum Gasteiger partial charge on any atom is 0.324 e. The fourth-order valence-corrected chi connectivity index (χ4v) is 6.64. The Bertz CT molecular complexity index is 1330. The van der Waals surface area contributed by atoms with E-state index in [1.807, 2.05) is 17.0 Å². The molecule has 1 atom stereocenters. The van der Waals surface area contributed by atoms with Crippen LogP contribution < -0.4 is 14.4 Å². The fourth-order valence-electron chi connectivity index (χ4n) is 6.64. The molecule has 5 rings (SSSR count). The third-order valence-corrected chi connectivity index (χ3v) is 9.36. The highest BCUT2D eigenvalue weighted by molar-refractivity contribution is 6.00. The predicted molar refractivity (Wildman–Crippen MR) is 160 cm³/mol. The molecule has 3 aliphatic rings. The summed E-state index contributed by atoms with van der Waals surface area (Å²) in [6, 6.07) is 7.99. The van der Waals surface area contributed by atoms with Crippen LogP contribution in [0.15, 0.2) is 36.5 Å². The van der Waals surface area contributed by atoms with Crippen LogP contribution in [0, 0.1) is 11.8 Å². The minimum Gasteiger partial charge on any atom is -0.497 e. The van der Waals surface area contributed by atoms with Gasteiger partial charge in [-0.15, -0.1) is 0 Å². The lowest BCUT2D eigenvalue weighted by Crippen LogP contribution is -2.49. The first kappa shape index (κ1) is 32.8. The Hall–Kier alpha value is -3.57. The Morgan fingerprint density at radius 1 is 1.07 bits per heavy atom. The van der Waals surface area contributed by atoms with E-state index in [4.69, 9.17) is 9.47 Å². The minimum absolute atomic E-state index is 0.0537. The highest BCUT2D eigenvalue weighted by Gasteiger charge is 2.46. The van der Waals surface area contributed by atoms with Gasteiger partial charge < -0.3 is 24.4 Å². The molecule has 1 unspecified atom stereocenters. The summed E-state index contributed by atoms with van der Waals surface area (Å²) < 4.78 is 66.4. The molecule has 0 spiro atoms. The SMILES string of the molecule is COc1ccc(C(=O)N(CC(F)(F)C(F)F)C2CCCC2)c(N2CCC(COc3cc(C(CC(=O)O)C4CC4)ccn3)CC2)c1. The number of nitrogens with zero attached hydrogens (tertiary/aromatic N) is 3. The van der Waals surface area contributed by atoms with Crippen molar-refractivity contribution in [2.24, 2.45) is 11.8 Å². The van der Waals surface area contributed by atoms with Gasteiger partial charge in [-0.05, 0) is 80.0 Å². The van der Waals surface area contributed by atoms with Gasteiger partial charge >= 0.3 is 18.3 Å². The molecule has 2 heterocycles. The Kier molecular flexibility index (Phi) is 10.4. The van der Waals surface area contributed by atoms with Gasteiger partial charge in [0.05, 0.1) is 37.9 Å². The van der Waals surface area contributed by atoms with E-state index in [2.05, 4.69) is 4.98 Å². The van der Waals surface area contributed by atoms with E-state index in [-0.39, 0.29) is 23.8 Å². The number of rotatable bonds is 14. The number of pyridine rings is 1. The lowest BCUT2D eigenvalue weighted by atomic mass is 9.92. The molecule has 1 aromatic carbocycles. The number of alkyl halides is 4. The second kappa shape index (κ2) is 14.2. The third-order valence-electron chi connectivity index (χ3n) is 9.36. The number of aromatic nitrogens is 1. The summed E-state index contributed by atoms with van der Waals surface area (Å²) in [7, 11) is 1.50. The van der Waals surface area contributed by atoms with Gasteiger partial charge in [0.2, 0.25) is 5.88 Å². The van der Waals surface area contributed by atoms with Gasteiger partial charge in [-0.25, -0.2) is 13.8 Å². The first-order valence-electron chi connectivity index (χ1n) is 15.8. The van der Waals surface area contributed by atoms with Gasteiger partial charge in [-0.2, -0.15) is 8.78 Å². The first-order valence-corrected chi connectivity index (χ1v) is 15.8. The zero-order valence-corrected chi connectivity index (χ0v) is 25.5. The molecule has 12 heteroatoms. The van der Waals surface area contributed by atoms with Gasteiger partial charge in [-0.3, -0.25) is 9.59 Å². The van der Waals surface area contributed by atoms with Crippen LogP contribution in [0.25, 0.3) is 0 Å². The summed E-state index contributed by atoms with van der Waals surface area (Å²) in [6.07, 6.45) is 3.87. The molecule has 45 heavy (non-hydrogen) atoms. The number of halogens is 4. The number of benzene rings is 1. The van der Waals surface area contributed by atoms with Gasteiger partial charge in [0.1, 0.15) is 5.75 Å². The summed E-state index contributed by atoms with van der Waals surface area (Å²) in [5.41, 5.74) is 1.64. The van der Waals surface area contributed by atoms with Gasteiger partial charge in [0.15, 0.2) is 0 Å². The standard InChI is InChI=1S/C33H41F4N3O5/c1-44-25-8-9-26(31(43)40(24-4-2-3-5-24)20-33(36,37)32(34)35)28(17-25)39-14-11-21(12-15-39)19-45-29-16-23(10-13-38-29)27(18-30(41)42)22-6-7-22/h8-10,13,16-17,21-22,24,27,32H,2-7,11-12,14-15,18-20H2,1H3,(H,41,42). The molecule has 1 saturated heterocycles. The smallest absolute Gasteiger partial charge is 0.324 e. The Labute approximate surface area is 260 Å². The van der Waals surface area contributed by atoms with E-state index in [9.17, 15) is 32.3 Å². The lowest BCUT2D eigenvalue weighted by molar-refractivity contribution is -0.140. The van der Waals surface area contributed by atoms with E-state index < -0.39 is 36.8 Å². The number of carboxylic acids is 1. The number of hydrogen-bond acceptors (Lipinski definition) is 6. The van der Waals surface area contributed by atoms with Crippen molar-refractivity contribution in [3.63, 3.8) is 0 Å². The molecule has 1 amide bonds. The number of anilines is 1. The summed E-state index contributed by atoms with van der Waals surface area (Å²) in [4.78, 5) is 32.5. The molecule has 1 aliphatic heterocycles. The zero-order chi connectivity index (χ0) is 32.1. The number of piperidine rings is 1. The lowest BCUT2D eigenvalue weighted by Gasteiger charge is -2.36. The van der Waals surface area contributed by atoms with Gasteiger partial charge in [0.25, 0.3) is 5.91 Å². The number of carbonyl (C=O) groups is 2. The number of methoxy groups -OCH3 is 1. The van der Waals surface area contributed by atoms with Crippen LogP contribution in [-0.4, -0.2) is 78.6 Å². The number of carboxylic acid groups (broad SMARTS) is 1. The maximum atomic E-state index is 14.3. The maximum absolute atomic E-state index is 14.3. The zero-order valence-electron chi connectivity index (χ0n) is 25.5. The minimum atomic E-state index is -4.31. The molecule has 3 fully saturated rings. The molecule has 1 N–H and O–H groups in total. The van der Waals surface area contributed by atoms with E-state index in [1.54, 1.807) is 18.3 Å². The van der Waals surface area contributed by atoms with E-state index >= 15 is 0 Å². The highest BCUT2D eigenvalue weighted by atomic mass is 19.3. The number of aliphatic carboxylic acids is 1. The molecule has 246 valence electrons. The second-order valence-electron chi connectivity index (χ2n) is 12.5. The normalized spacial score (nSPS) is 18.7. The van der Waals surface area contributed by atoms with E-state index in [0.29, 0.717) is 55.8 Å². The van der Waals surface area contributed by atoms with Crippen LogP contribution >= 0.6 is 0 Å². The largest absolute Gasteiger partial charge is 0.497 e. The molecule has 0 radical (unpaired) electrons. The van der Waals surface area contributed by atoms with Crippen molar-refractivity contribution in [2.75, 3.05) is 38.3 Å². The van der Waals surface area contributed by atoms with Crippen LogP contribution in [0.2, 0.25) is 0 Å². The average Bonchev–Trinajstić information content (AvgIpc) is 3.73.